The second-order valence-corrected chi connectivity index (χ2v) is 5.61. The first kappa shape index (κ1) is 13.7. The summed E-state index contributed by atoms with van der Waals surface area (Å²) < 4.78 is 39.0. The molecule has 1 saturated heterocycles. The molecule has 6 nitrogen and oxygen atoms in total. The lowest BCUT2D eigenvalue weighted by Gasteiger charge is -2.31. The Balaban J connectivity index is 1.91. The summed E-state index contributed by atoms with van der Waals surface area (Å²) in [7, 11) is 0. The maximum atomic E-state index is 12.7. The van der Waals surface area contributed by atoms with Crippen LogP contribution in [0.1, 0.15) is 23.8 Å². The Hall–Kier alpha value is -1.26. The predicted molar refractivity (Wildman–Crippen MR) is 66.5 cm³/mol. The van der Waals surface area contributed by atoms with Gasteiger partial charge in [0, 0.05) is 26.2 Å². The second-order valence-electron chi connectivity index (χ2n) is 4.62. The summed E-state index contributed by atoms with van der Waals surface area (Å²) >= 11 is 1.15. The predicted octanol–water partition coefficient (Wildman–Crippen LogP) is 1.17. The lowest BCUT2D eigenvalue weighted by atomic mass is 10.2. The summed E-state index contributed by atoms with van der Waals surface area (Å²) in [4.78, 5) is 2.37. The summed E-state index contributed by atoms with van der Waals surface area (Å²) in [5.74, 6) is -1.07. The van der Waals surface area contributed by atoms with Crippen molar-refractivity contribution in [3.05, 3.63) is 10.8 Å². The third kappa shape index (κ3) is 2.38. The molecule has 1 atom stereocenters. The Bertz CT molecular complexity index is 600. The number of fused-ring (bicyclic) bond motifs is 1. The molecule has 1 fully saturated rings. The van der Waals surface area contributed by atoms with Crippen molar-refractivity contribution in [1.29, 1.82) is 0 Å². The van der Waals surface area contributed by atoms with E-state index < -0.39 is 12.0 Å². The first-order valence-corrected chi connectivity index (χ1v) is 7.02. The molecule has 1 aliphatic heterocycles. The average Bonchev–Trinajstić information content (AvgIpc) is 2.97. The molecule has 0 saturated carbocycles. The largest absolute Gasteiger partial charge is 0.453 e. The molecular weight excluding hydrogens is 293 g/mol. The smallest absolute Gasteiger partial charge is 0.314 e. The van der Waals surface area contributed by atoms with Gasteiger partial charge >= 0.3 is 6.18 Å². The van der Waals surface area contributed by atoms with E-state index in [0.717, 1.165) is 42.0 Å². The minimum Gasteiger partial charge on any atom is -0.314 e. The van der Waals surface area contributed by atoms with Gasteiger partial charge in [0.2, 0.25) is 4.96 Å². The standard InChI is InChI=1S/C10H13F3N6S/c1-6(18-4-2-14-3-5-18)7-17-19-8(10(11,12)13)15-16-9(19)20-7/h6,14H,2-5H2,1H3. The van der Waals surface area contributed by atoms with Gasteiger partial charge in [-0.15, -0.1) is 10.2 Å². The van der Waals surface area contributed by atoms with E-state index in [4.69, 9.17) is 0 Å². The van der Waals surface area contributed by atoms with Crippen LogP contribution in [0.3, 0.4) is 0 Å². The van der Waals surface area contributed by atoms with Crippen molar-refractivity contribution in [3.8, 4) is 0 Å². The van der Waals surface area contributed by atoms with Crippen LogP contribution in [0.5, 0.6) is 0 Å². The topological polar surface area (TPSA) is 58.4 Å². The Morgan fingerprint density at radius 1 is 1.25 bits per heavy atom. The minimum atomic E-state index is -4.54. The quantitative estimate of drug-likeness (QED) is 0.902. The van der Waals surface area contributed by atoms with Crippen molar-refractivity contribution in [2.24, 2.45) is 0 Å². The fraction of sp³-hybridized carbons (Fsp3) is 0.700. The SMILES string of the molecule is CC(c1nn2c(C(F)(F)F)nnc2s1)N1CCNCC1. The van der Waals surface area contributed by atoms with Crippen molar-refractivity contribution in [3.63, 3.8) is 0 Å². The monoisotopic (exact) mass is 306 g/mol. The van der Waals surface area contributed by atoms with Crippen LogP contribution in [-0.4, -0.2) is 50.9 Å². The molecular formula is C10H13F3N6S. The first-order chi connectivity index (χ1) is 9.47. The third-order valence-electron chi connectivity index (χ3n) is 3.32. The van der Waals surface area contributed by atoms with Crippen LogP contribution in [-0.2, 0) is 6.18 Å². The Labute approximate surface area is 116 Å². The molecule has 0 radical (unpaired) electrons. The van der Waals surface area contributed by atoms with Gasteiger partial charge in [-0.3, -0.25) is 4.90 Å². The summed E-state index contributed by atoms with van der Waals surface area (Å²) in [6.45, 7) is 5.41. The van der Waals surface area contributed by atoms with Crippen LogP contribution < -0.4 is 5.32 Å². The van der Waals surface area contributed by atoms with E-state index in [-0.39, 0.29) is 11.0 Å². The van der Waals surface area contributed by atoms with E-state index in [2.05, 4.69) is 25.5 Å². The first-order valence-electron chi connectivity index (χ1n) is 6.21. The third-order valence-corrected chi connectivity index (χ3v) is 4.39. The Kier molecular flexibility index (Phi) is 3.38. The van der Waals surface area contributed by atoms with Gasteiger partial charge in [0.25, 0.3) is 5.82 Å². The van der Waals surface area contributed by atoms with E-state index in [0.29, 0.717) is 5.01 Å². The van der Waals surface area contributed by atoms with Gasteiger partial charge in [-0.25, -0.2) is 0 Å². The van der Waals surface area contributed by atoms with Gasteiger partial charge in [0.05, 0.1) is 6.04 Å². The van der Waals surface area contributed by atoms with Gasteiger partial charge in [-0.05, 0) is 6.92 Å². The molecule has 0 aliphatic carbocycles. The number of hydrogen-bond donors (Lipinski definition) is 1. The zero-order valence-corrected chi connectivity index (χ0v) is 11.5. The van der Waals surface area contributed by atoms with Gasteiger partial charge < -0.3 is 5.32 Å². The van der Waals surface area contributed by atoms with E-state index >= 15 is 0 Å². The van der Waals surface area contributed by atoms with Gasteiger partial charge in [0.1, 0.15) is 5.01 Å². The van der Waals surface area contributed by atoms with E-state index in [1.54, 1.807) is 0 Å². The molecule has 0 amide bonds. The highest BCUT2D eigenvalue weighted by Crippen LogP contribution is 2.31. The van der Waals surface area contributed by atoms with Crippen LogP contribution in [0, 0.1) is 0 Å². The number of rotatable bonds is 2. The molecule has 0 bridgehead atoms. The highest BCUT2D eigenvalue weighted by Gasteiger charge is 2.38. The average molecular weight is 306 g/mol. The van der Waals surface area contributed by atoms with Gasteiger partial charge in [0.15, 0.2) is 0 Å². The fourth-order valence-electron chi connectivity index (χ4n) is 2.20. The molecule has 20 heavy (non-hydrogen) atoms. The van der Waals surface area contributed by atoms with Crippen molar-refractivity contribution in [2.75, 3.05) is 26.2 Å². The molecule has 10 heteroatoms. The number of alkyl halides is 3. The lowest BCUT2D eigenvalue weighted by molar-refractivity contribution is -0.146. The molecule has 0 aromatic carbocycles. The number of nitrogens with zero attached hydrogens (tertiary/aromatic N) is 5. The molecule has 1 unspecified atom stereocenters. The zero-order chi connectivity index (χ0) is 14.3. The van der Waals surface area contributed by atoms with Crippen molar-refractivity contribution < 1.29 is 13.2 Å². The minimum absolute atomic E-state index is 0.0233. The maximum absolute atomic E-state index is 12.7. The molecule has 3 rings (SSSR count). The van der Waals surface area contributed by atoms with E-state index in [9.17, 15) is 13.2 Å². The second kappa shape index (κ2) is 4.93. The summed E-state index contributed by atoms with van der Waals surface area (Å²) in [5.41, 5.74) is 0. The van der Waals surface area contributed by atoms with Crippen LogP contribution in [0.4, 0.5) is 13.2 Å². The molecule has 2 aromatic heterocycles. The summed E-state index contributed by atoms with van der Waals surface area (Å²) in [6, 6.07) is -0.0233. The van der Waals surface area contributed by atoms with Crippen molar-refractivity contribution in [2.45, 2.75) is 19.1 Å². The fourth-order valence-corrected chi connectivity index (χ4v) is 3.13. The molecule has 1 aliphatic rings. The van der Waals surface area contributed by atoms with Gasteiger partial charge in [-0.1, -0.05) is 11.3 Å². The van der Waals surface area contributed by atoms with Crippen LogP contribution in [0.15, 0.2) is 0 Å². The van der Waals surface area contributed by atoms with E-state index in [1.165, 1.54) is 0 Å². The molecule has 110 valence electrons. The number of nitrogens with one attached hydrogen (secondary N) is 1. The lowest BCUT2D eigenvalue weighted by Crippen LogP contribution is -2.44. The summed E-state index contributed by atoms with van der Waals surface area (Å²) in [6.07, 6.45) is -4.54. The number of halogens is 3. The van der Waals surface area contributed by atoms with Crippen LogP contribution in [0.25, 0.3) is 4.96 Å². The highest BCUT2D eigenvalue weighted by molar-refractivity contribution is 7.16. The zero-order valence-electron chi connectivity index (χ0n) is 10.7. The summed E-state index contributed by atoms with van der Waals surface area (Å²) in [5, 5.41) is 14.6. The maximum Gasteiger partial charge on any atom is 0.453 e. The Morgan fingerprint density at radius 2 is 1.95 bits per heavy atom. The number of aromatic nitrogens is 4. The molecule has 3 heterocycles. The highest BCUT2D eigenvalue weighted by atomic mass is 32.1. The Morgan fingerprint density at radius 3 is 2.60 bits per heavy atom. The van der Waals surface area contributed by atoms with E-state index in [1.807, 2.05) is 6.92 Å². The van der Waals surface area contributed by atoms with Crippen LogP contribution in [0.2, 0.25) is 0 Å². The number of piperazine rings is 1. The van der Waals surface area contributed by atoms with Gasteiger partial charge in [-0.2, -0.15) is 22.8 Å². The van der Waals surface area contributed by atoms with Crippen LogP contribution >= 0.6 is 11.3 Å². The number of hydrogen-bond acceptors (Lipinski definition) is 6. The van der Waals surface area contributed by atoms with Crippen molar-refractivity contribution in [1.82, 2.24) is 30.0 Å². The molecule has 0 spiro atoms. The van der Waals surface area contributed by atoms with Crippen molar-refractivity contribution >= 4 is 16.3 Å². The molecule has 2 aromatic rings. The molecule has 1 N–H and O–H groups in total. The normalized spacial score (nSPS) is 19.6.